The fourth-order valence-corrected chi connectivity index (χ4v) is 4.06. The molecule has 114 valence electrons. The number of nitrogens with zero attached hydrogens (tertiary/aromatic N) is 2. The molecule has 2 aromatic heterocycles. The van der Waals surface area contributed by atoms with Gasteiger partial charge < -0.3 is 5.43 Å². The predicted molar refractivity (Wildman–Crippen MR) is 82.5 cm³/mol. The van der Waals surface area contributed by atoms with E-state index < -0.39 is 15.6 Å². The zero-order chi connectivity index (χ0) is 15.7. The van der Waals surface area contributed by atoms with Gasteiger partial charge in [0.25, 0.3) is 0 Å². The average molecular weight is 348 g/mol. The Kier molecular flexibility index (Phi) is 4.49. The van der Waals surface area contributed by atoms with E-state index in [1.165, 1.54) is 23.6 Å². The van der Waals surface area contributed by atoms with Crippen LogP contribution in [0.4, 0.5) is 5.82 Å². The quantitative estimate of drug-likeness (QED) is 0.560. The smallest absolute Gasteiger partial charge is 0.243 e. The van der Waals surface area contributed by atoms with Crippen LogP contribution in [-0.4, -0.2) is 18.4 Å². The van der Waals surface area contributed by atoms with E-state index >= 15 is 0 Å². The van der Waals surface area contributed by atoms with Crippen LogP contribution in [0.1, 0.15) is 18.9 Å². The highest BCUT2D eigenvalue weighted by atomic mass is 35.5. The Balaban J connectivity index is 2.32. The van der Waals surface area contributed by atoms with Gasteiger partial charge in [0.15, 0.2) is 5.82 Å². The standard InChI is InChI=1S/C11H14ClN5O2S2/c1-11(2,10-14-3-4-20-10)17-21(18,19)7-5-8(12)9(16-13)15-6-7/h3-6,17H,13H2,1-2H3,(H,15,16). The van der Waals surface area contributed by atoms with Crippen molar-refractivity contribution in [1.29, 1.82) is 0 Å². The molecule has 0 amide bonds. The molecule has 0 aliphatic heterocycles. The summed E-state index contributed by atoms with van der Waals surface area (Å²) in [5, 5.41) is 2.56. The molecule has 7 nitrogen and oxygen atoms in total. The molecule has 0 unspecified atom stereocenters. The van der Waals surface area contributed by atoms with Crippen molar-refractivity contribution >= 4 is 38.8 Å². The molecule has 2 aromatic rings. The number of hydrogen-bond acceptors (Lipinski definition) is 7. The molecule has 4 N–H and O–H groups in total. The van der Waals surface area contributed by atoms with Crippen molar-refractivity contribution in [2.75, 3.05) is 5.43 Å². The number of hydrogen-bond donors (Lipinski definition) is 3. The van der Waals surface area contributed by atoms with Gasteiger partial charge in [-0.05, 0) is 19.9 Å². The van der Waals surface area contributed by atoms with E-state index in [9.17, 15) is 8.42 Å². The maximum Gasteiger partial charge on any atom is 0.243 e. The topological polar surface area (TPSA) is 110 Å². The van der Waals surface area contributed by atoms with E-state index in [1.54, 1.807) is 25.4 Å². The molecule has 2 rings (SSSR count). The number of nitrogen functional groups attached to an aromatic ring is 1. The number of sulfonamides is 1. The lowest BCUT2D eigenvalue weighted by atomic mass is 10.1. The van der Waals surface area contributed by atoms with Gasteiger partial charge >= 0.3 is 0 Å². The molecule has 0 saturated carbocycles. The van der Waals surface area contributed by atoms with Crippen LogP contribution in [0.2, 0.25) is 5.02 Å². The molecular formula is C11H14ClN5O2S2. The van der Waals surface area contributed by atoms with Crippen LogP contribution in [0.15, 0.2) is 28.7 Å². The van der Waals surface area contributed by atoms with Crippen LogP contribution in [-0.2, 0) is 15.6 Å². The van der Waals surface area contributed by atoms with Gasteiger partial charge in [-0.15, -0.1) is 11.3 Å². The highest BCUT2D eigenvalue weighted by Crippen LogP contribution is 2.26. The van der Waals surface area contributed by atoms with Crippen molar-refractivity contribution in [3.05, 3.63) is 33.9 Å². The number of nitrogens with one attached hydrogen (secondary N) is 2. The molecule has 0 spiro atoms. The third-order valence-electron chi connectivity index (χ3n) is 2.62. The summed E-state index contributed by atoms with van der Waals surface area (Å²) >= 11 is 7.27. The summed E-state index contributed by atoms with van der Waals surface area (Å²) in [6, 6.07) is 1.28. The lowest BCUT2D eigenvalue weighted by Gasteiger charge is -2.23. The number of rotatable bonds is 5. The van der Waals surface area contributed by atoms with E-state index in [0.29, 0.717) is 5.01 Å². The van der Waals surface area contributed by atoms with Crippen LogP contribution < -0.4 is 16.0 Å². The van der Waals surface area contributed by atoms with Crippen LogP contribution in [0.25, 0.3) is 0 Å². The highest BCUT2D eigenvalue weighted by Gasteiger charge is 2.30. The summed E-state index contributed by atoms with van der Waals surface area (Å²) in [4.78, 5) is 7.94. The number of hydrazine groups is 1. The second-order valence-electron chi connectivity index (χ2n) is 4.71. The van der Waals surface area contributed by atoms with Gasteiger partial charge in [-0.1, -0.05) is 11.6 Å². The predicted octanol–water partition coefficient (Wildman–Crippen LogP) is 1.69. The third-order valence-corrected chi connectivity index (χ3v) is 5.63. The summed E-state index contributed by atoms with van der Waals surface area (Å²) in [5.41, 5.74) is 1.43. The number of nitrogens with two attached hydrogens (primary N) is 1. The normalized spacial score (nSPS) is 12.4. The monoisotopic (exact) mass is 347 g/mol. The molecular weight excluding hydrogens is 334 g/mol. The first kappa shape index (κ1) is 16.1. The molecule has 0 fully saturated rings. The Labute approximate surface area is 131 Å². The Morgan fingerprint density at radius 1 is 1.38 bits per heavy atom. The van der Waals surface area contributed by atoms with Gasteiger partial charge in [-0.3, -0.25) is 0 Å². The van der Waals surface area contributed by atoms with Crippen molar-refractivity contribution in [1.82, 2.24) is 14.7 Å². The molecule has 0 aliphatic rings. The van der Waals surface area contributed by atoms with Gasteiger partial charge in [-0.25, -0.2) is 24.2 Å². The van der Waals surface area contributed by atoms with Crippen molar-refractivity contribution in [3.63, 3.8) is 0 Å². The minimum absolute atomic E-state index is 0.0452. The number of thiazole rings is 1. The van der Waals surface area contributed by atoms with Crippen molar-refractivity contribution in [2.45, 2.75) is 24.3 Å². The molecule has 0 bridgehead atoms. The summed E-state index contributed by atoms with van der Waals surface area (Å²) in [7, 11) is -3.79. The second-order valence-corrected chi connectivity index (χ2v) is 7.70. The highest BCUT2D eigenvalue weighted by molar-refractivity contribution is 7.89. The summed E-state index contributed by atoms with van der Waals surface area (Å²) < 4.78 is 27.4. The zero-order valence-electron chi connectivity index (χ0n) is 11.3. The van der Waals surface area contributed by atoms with E-state index in [-0.39, 0.29) is 15.7 Å². The Bertz CT molecular complexity index is 731. The van der Waals surface area contributed by atoms with Gasteiger partial charge in [0.1, 0.15) is 9.90 Å². The van der Waals surface area contributed by atoms with Crippen molar-refractivity contribution in [2.24, 2.45) is 5.84 Å². The van der Waals surface area contributed by atoms with E-state index in [0.717, 1.165) is 0 Å². The third kappa shape index (κ3) is 3.50. The fourth-order valence-electron chi connectivity index (χ4n) is 1.64. The largest absolute Gasteiger partial charge is 0.307 e. The SMILES string of the molecule is CC(C)(NS(=O)(=O)c1cnc(NN)c(Cl)c1)c1nccs1. The minimum atomic E-state index is -3.79. The molecule has 2 heterocycles. The van der Waals surface area contributed by atoms with E-state index in [2.05, 4.69) is 20.1 Å². The first-order chi connectivity index (χ1) is 9.76. The molecule has 0 saturated heterocycles. The molecule has 0 aromatic carbocycles. The average Bonchev–Trinajstić information content (AvgIpc) is 2.92. The number of halogens is 1. The summed E-state index contributed by atoms with van der Waals surface area (Å²) in [5.74, 6) is 5.41. The summed E-state index contributed by atoms with van der Waals surface area (Å²) in [6.45, 7) is 3.46. The van der Waals surface area contributed by atoms with Gasteiger partial charge in [0.05, 0.1) is 10.6 Å². The van der Waals surface area contributed by atoms with Gasteiger partial charge in [-0.2, -0.15) is 4.72 Å². The summed E-state index contributed by atoms with van der Waals surface area (Å²) in [6.07, 6.45) is 2.80. The van der Waals surface area contributed by atoms with E-state index in [4.69, 9.17) is 17.4 Å². The lowest BCUT2D eigenvalue weighted by molar-refractivity contribution is 0.469. The lowest BCUT2D eigenvalue weighted by Crippen LogP contribution is -2.40. The van der Waals surface area contributed by atoms with E-state index in [1.807, 2.05) is 0 Å². The van der Waals surface area contributed by atoms with Crippen molar-refractivity contribution < 1.29 is 8.42 Å². The van der Waals surface area contributed by atoms with Crippen molar-refractivity contribution in [3.8, 4) is 0 Å². The zero-order valence-corrected chi connectivity index (χ0v) is 13.7. The maximum absolute atomic E-state index is 12.4. The molecule has 0 radical (unpaired) electrons. The molecule has 21 heavy (non-hydrogen) atoms. The van der Waals surface area contributed by atoms with Crippen LogP contribution in [0, 0.1) is 0 Å². The van der Waals surface area contributed by atoms with Crippen LogP contribution in [0.3, 0.4) is 0 Å². The second kappa shape index (κ2) is 5.85. The maximum atomic E-state index is 12.4. The van der Waals surface area contributed by atoms with Crippen LogP contribution >= 0.6 is 22.9 Å². The molecule has 0 atom stereocenters. The number of aromatic nitrogens is 2. The first-order valence-corrected chi connectivity index (χ1v) is 8.56. The Morgan fingerprint density at radius 3 is 2.62 bits per heavy atom. The minimum Gasteiger partial charge on any atom is -0.307 e. The number of anilines is 1. The van der Waals surface area contributed by atoms with Crippen LogP contribution in [0.5, 0.6) is 0 Å². The fraction of sp³-hybridized carbons (Fsp3) is 0.273. The van der Waals surface area contributed by atoms with Gasteiger partial charge in [0, 0.05) is 17.8 Å². The Morgan fingerprint density at radius 2 is 2.10 bits per heavy atom. The number of pyridine rings is 1. The first-order valence-electron chi connectivity index (χ1n) is 5.82. The van der Waals surface area contributed by atoms with Gasteiger partial charge in [0.2, 0.25) is 10.0 Å². The molecule has 0 aliphatic carbocycles. The Hall–Kier alpha value is -1.26. The molecule has 10 heteroatoms.